The van der Waals surface area contributed by atoms with Crippen LogP contribution < -0.4 is 17.0 Å². The largest absolute Gasteiger partial charge is 0.397 e. The molecule has 0 aliphatic heterocycles. The zero-order valence-corrected chi connectivity index (χ0v) is 12.4. The van der Waals surface area contributed by atoms with Crippen molar-refractivity contribution in [2.45, 2.75) is 6.92 Å². The summed E-state index contributed by atoms with van der Waals surface area (Å²) in [5, 5.41) is 0. The van der Waals surface area contributed by atoms with Gasteiger partial charge < -0.3 is 16.5 Å². The molecule has 0 aliphatic rings. The Morgan fingerprint density at radius 3 is 2.65 bits per heavy atom. The molecular weight excluding hydrogens is 295 g/mol. The van der Waals surface area contributed by atoms with Crippen molar-refractivity contribution in [3.05, 3.63) is 75.5 Å². The number of nitrogens with one attached hydrogen (secondary N) is 1. The summed E-state index contributed by atoms with van der Waals surface area (Å²) in [6, 6.07) is 11.4. The molecule has 0 saturated carbocycles. The van der Waals surface area contributed by atoms with E-state index >= 15 is 0 Å². The number of rotatable bonds is 2. The van der Waals surface area contributed by atoms with Gasteiger partial charge in [-0.05, 0) is 36.8 Å². The molecule has 0 unspecified atom stereocenters. The first-order valence-corrected chi connectivity index (χ1v) is 6.98. The van der Waals surface area contributed by atoms with E-state index in [-0.39, 0.29) is 17.1 Å². The number of hydrogen-bond donors (Lipinski definition) is 3. The highest BCUT2D eigenvalue weighted by Crippen LogP contribution is 2.18. The van der Waals surface area contributed by atoms with Crippen molar-refractivity contribution in [3.63, 3.8) is 0 Å². The maximum Gasteiger partial charge on any atom is 0.276 e. The molecule has 1 aromatic heterocycles. The van der Waals surface area contributed by atoms with Crippen molar-refractivity contribution in [1.29, 1.82) is 0 Å². The van der Waals surface area contributed by atoms with Crippen LogP contribution in [0.15, 0.2) is 47.3 Å². The average molecular weight is 310 g/mol. The van der Waals surface area contributed by atoms with Crippen molar-refractivity contribution in [1.82, 2.24) is 9.97 Å². The Balaban J connectivity index is 2.18. The molecule has 2 aromatic carbocycles. The minimum absolute atomic E-state index is 0.0168. The number of H-pyrrole nitrogens is 1. The Morgan fingerprint density at radius 1 is 1.13 bits per heavy atom. The molecule has 116 valence electrons. The van der Waals surface area contributed by atoms with Crippen LogP contribution in [-0.2, 0) is 0 Å². The molecule has 0 aliphatic carbocycles. The van der Waals surface area contributed by atoms with Gasteiger partial charge in [-0.15, -0.1) is 0 Å². The summed E-state index contributed by atoms with van der Waals surface area (Å²) in [6.45, 7) is 1.93. The Labute approximate surface area is 131 Å². The summed E-state index contributed by atoms with van der Waals surface area (Å²) in [5.41, 5.74) is 14.4. The first-order chi connectivity index (χ1) is 11.0. The Bertz CT molecular complexity index is 991. The van der Waals surface area contributed by atoms with Gasteiger partial charge in [0.1, 0.15) is 5.82 Å². The van der Waals surface area contributed by atoms with Gasteiger partial charge >= 0.3 is 0 Å². The molecule has 0 bridgehead atoms. The molecule has 0 fully saturated rings. The van der Waals surface area contributed by atoms with Gasteiger partial charge in [0.2, 0.25) is 0 Å². The van der Waals surface area contributed by atoms with E-state index in [1.54, 1.807) is 6.07 Å². The summed E-state index contributed by atoms with van der Waals surface area (Å²) in [5.74, 6) is -0.453. The lowest BCUT2D eigenvalue weighted by atomic mass is 10.1. The Hall–Kier alpha value is -3.15. The fourth-order valence-electron chi connectivity index (χ4n) is 2.34. The number of fused-ring (bicyclic) bond motifs is 1. The van der Waals surface area contributed by atoms with Crippen LogP contribution in [-0.4, -0.2) is 9.97 Å². The molecule has 0 spiro atoms. The predicted octanol–water partition coefficient (Wildman–Crippen LogP) is 2.11. The summed E-state index contributed by atoms with van der Waals surface area (Å²) in [4.78, 5) is 19.0. The van der Waals surface area contributed by atoms with Crippen molar-refractivity contribution >= 4 is 22.4 Å². The molecule has 5 nitrogen and oxygen atoms in total. The van der Waals surface area contributed by atoms with Gasteiger partial charge in [-0.1, -0.05) is 23.8 Å². The van der Waals surface area contributed by atoms with Crippen molar-refractivity contribution in [2.24, 2.45) is 11.5 Å². The van der Waals surface area contributed by atoms with Crippen LogP contribution in [0.2, 0.25) is 0 Å². The van der Waals surface area contributed by atoms with E-state index in [2.05, 4.69) is 9.97 Å². The average Bonchev–Trinajstić information content (AvgIpc) is 2.52. The van der Waals surface area contributed by atoms with Crippen LogP contribution in [0.1, 0.15) is 16.8 Å². The number of nitrogens with two attached hydrogens (primary N) is 2. The molecule has 5 N–H and O–H groups in total. The first-order valence-electron chi connectivity index (χ1n) is 6.98. The number of aryl methyl sites for hydroxylation is 1. The Morgan fingerprint density at radius 2 is 1.91 bits per heavy atom. The summed E-state index contributed by atoms with van der Waals surface area (Å²) in [7, 11) is 0. The fraction of sp³-hybridized carbons (Fsp3) is 0.0588. The number of nitrogens with zero attached hydrogens (tertiary/aromatic N) is 1. The van der Waals surface area contributed by atoms with Crippen LogP contribution in [0.3, 0.4) is 0 Å². The van der Waals surface area contributed by atoms with E-state index in [1.165, 1.54) is 18.2 Å². The fourth-order valence-corrected chi connectivity index (χ4v) is 2.34. The van der Waals surface area contributed by atoms with Crippen molar-refractivity contribution < 1.29 is 4.39 Å². The van der Waals surface area contributed by atoms with E-state index in [1.807, 2.05) is 25.1 Å². The summed E-state index contributed by atoms with van der Waals surface area (Å²) < 4.78 is 13.2. The normalized spacial score (nSPS) is 12.3. The highest BCUT2D eigenvalue weighted by atomic mass is 19.1. The third-order valence-electron chi connectivity index (χ3n) is 3.53. The van der Waals surface area contributed by atoms with Gasteiger partial charge in [0.25, 0.3) is 5.56 Å². The van der Waals surface area contributed by atoms with Gasteiger partial charge in [-0.3, -0.25) is 4.79 Å². The minimum Gasteiger partial charge on any atom is -0.397 e. The second-order valence-electron chi connectivity index (χ2n) is 5.27. The second-order valence-corrected chi connectivity index (χ2v) is 5.27. The van der Waals surface area contributed by atoms with E-state index in [4.69, 9.17) is 11.5 Å². The van der Waals surface area contributed by atoms with E-state index < -0.39 is 11.4 Å². The molecule has 0 saturated heterocycles. The third-order valence-corrected chi connectivity index (χ3v) is 3.53. The molecule has 6 heteroatoms. The lowest BCUT2D eigenvalue weighted by Crippen LogP contribution is -2.20. The number of benzene rings is 2. The van der Waals surface area contributed by atoms with Crippen molar-refractivity contribution in [2.75, 3.05) is 0 Å². The summed E-state index contributed by atoms with van der Waals surface area (Å²) in [6.07, 6.45) is 0. The minimum atomic E-state index is -0.517. The van der Waals surface area contributed by atoms with Crippen molar-refractivity contribution in [3.8, 4) is 0 Å². The van der Waals surface area contributed by atoms with Gasteiger partial charge in [-0.25, -0.2) is 9.37 Å². The molecule has 0 atom stereocenters. The number of hydrogen-bond acceptors (Lipinski definition) is 4. The zero-order valence-electron chi connectivity index (χ0n) is 12.4. The molecule has 3 aromatic rings. The van der Waals surface area contributed by atoms with E-state index in [0.29, 0.717) is 16.6 Å². The lowest BCUT2D eigenvalue weighted by Gasteiger charge is -2.08. The molecule has 23 heavy (non-hydrogen) atoms. The molecule has 1 heterocycles. The monoisotopic (exact) mass is 310 g/mol. The number of aromatic amines is 1. The number of halogens is 1. The molecular formula is C17H15FN4O. The van der Waals surface area contributed by atoms with Crippen LogP contribution in [0.25, 0.3) is 22.4 Å². The van der Waals surface area contributed by atoms with Crippen LogP contribution in [0, 0.1) is 12.7 Å². The molecule has 0 amide bonds. The van der Waals surface area contributed by atoms with Gasteiger partial charge in [0, 0.05) is 0 Å². The SMILES string of the molecule is Cc1cccc(/C(N)=C(\N)c2nc3ccc(F)cc3[nH]c2=O)c1. The van der Waals surface area contributed by atoms with Gasteiger partial charge in [0.15, 0.2) is 5.69 Å². The smallest absolute Gasteiger partial charge is 0.276 e. The van der Waals surface area contributed by atoms with Gasteiger partial charge in [0.05, 0.1) is 22.4 Å². The van der Waals surface area contributed by atoms with Crippen LogP contribution >= 0.6 is 0 Å². The van der Waals surface area contributed by atoms with E-state index in [9.17, 15) is 9.18 Å². The molecule has 3 rings (SSSR count). The number of aromatic nitrogens is 2. The third kappa shape index (κ3) is 2.78. The highest BCUT2D eigenvalue weighted by molar-refractivity contribution is 5.87. The highest BCUT2D eigenvalue weighted by Gasteiger charge is 2.12. The van der Waals surface area contributed by atoms with Crippen LogP contribution in [0.5, 0.6) is 0 Å². The van der Waals surface area contributed by atoms with E-state index in [0.717, 1.165) is 5.56 Å². The maximum absolute atomic E-state index is 13.2. The van der Waals surface area contributed by atoms with Gasteiger partial charge in [-0.2, -0.15) is 0 Å². The Kier molecular flexibility index (Phi) is 3.57. The quantitative estimate of drug-likeness (QED) is 0.675. The summed E-state index contributed by atoms with van der Waals surface area (Å²) >= 11 is 0. The molecule has 0 radical (unpaired) electrons. The lowest BCUT2D eigenvalue weighted by molar-refractivity contribution is 0.629. The first kappa shape index (κ1) is 14.8. The maximum atomic E-state index is 13.2. The topological polar surface area (TPSA) is 97.8 Å². The predicted molar refractivity (Wildman–Crippen MR) is 88.7 cm³/mol. The standard InChI is InChI=1S/C17H15FN4O/c1-9-3-2-4-10(7-9)14(19)15(20)16-17(23)22-13-8-11(18)5-6-12(13)21-16/h2-8H,19-20H2,1H3,(H,22,23)/b15-14+. The second kappa shape index (κ2) is 5.57. The zero-order chi connectivity index (χ0) is 16.6. The van der Waals surface area contributed by atoms with Crippen LogP contribution in [0.4, 0.5) is 4.39 Å².